The van der Waals surface area contributed by atoms with E-state index in [1.807, 2.05) is 24.3 Å². The summed E-state index contributed by atoms with van der Waals surface area (Å²) < 4.78 is 7.42. The fourth-order valence-corrected chi connectivity index (χ4v) is 2.06. The van der Waals surface area contributed by atoms with Gasteiger partial charge in [0.15, 0.2) is 5.82 Å². The van der Waals surface area contributed by atoms with E-state index < -0.39 is 5.97 Å². The number of para-hydroxylation sites is 1. The summed E-state index contributed by atoms with van der Waals surface area (Å²) in [4.78, 5) is 10.8. The predicted octanol–water partition coefficient (Wildman–Crippen LogP) is 0.965. The molecule has 0 saturated heterocycles. The monoisotopic (exact) mass is 245 g/mol. The number of fused-ring (bicyclic) bond motifs is 3. The van der Waals surface area contributed by atoms with E-state index in [0.29, 0.717) is 24.8 Å². The highest BCUT2D eigenvalue weighted by atomic mass is 16.5. The van der Waals surface area contributed by atoms with E-state index in [1.165, 1.54) is 0 Å². The molecule has 1 aromatic heterocycles. The molecule has 1 aromatic carbocycles. The van der Waals surface area contributed by atoms with E-state index in [-0.39, 0.29) is 6.42 Å². The normalized spacial score (nSPS) is 13.1. The molecular weight excluding hydrogens is 234 g/mol. The molecule has 1 aliphatic heterocycles. The molecule has 0 bridgehead atoms. The van der Waals surface area contributed by atoms with Crippen molar-refractivity contribution in [2.45, 2.75) is 13.0 Å². The maximum absolute atomic E-state index is 10.8. The van der Waals surface area contributed by atoms with Crippen LogP contribution in [0.15, 0.2) is 24.3 Å². The number of nitrogens with zero attached hydrogens (tertiary/aromatic N) is 3. The van der Waals surface area contributed by atoms with Crippen LogP contribution in [-0.4, -0.2) is 32.4 Å². The minimum atomic E-state index is -0.913. The van der Waals surface area contributed by atoms with Crippen LogP contribution in [0.2, 0.25) is 0 Å². The first-order chi connectivity index (χ1) is 8.75. The van der Waals surface area contributed by atoms with Crippen molar-refractivity contribution in [2.75, 3.05) is 6.61 Å². The lowest BCUT2D eigenvalue weighted by molar-refractivity contribution is -0.136. The SMILES string of the molecule is O=C(O)Cc1nnc2n1CCOc1ccccc1-2. The number of ether oxygens (including phenoxy) is 1. The van der Waals surface area contributed by atoms with Gasteiger partial charge in [-0.25, -0.2) is 0 Å². The third-order valence-electron chi connectivity index (χ3n) is 2.84. The second kappa shape index (κ2) is 4.14. The fraction of sp³-hybridized carbons (Fsp3) is 0.250. The van der Waals surface area contributed by atoms with E-state index in [0.717, 1.165) is 11.3 Å². The van der Waals surface area contributed by atoms with Crippen molar-refractivity contribution in [2.24, 2.45) is 0 Å². The average Bonchev–Trinajstić information content (AvgIpc) is 2.64. The Hall–Kier alpha value is -2.37. The molecule has 18 heavy (non-hydrogen) atoms. The molecule has 2 aromatic rings. The first-order valence-electron chi connectivity index (χ1n) is 5.62. The molecule has 0 saturated carbocycles. The van der Waals surface area contributed by atoms with Crippen LogP contribution in [0.3, 0.4) is 0 Å². The Balaban J connectivity index is 2.11. The Bertz CT molecular complexity index is 606. The molecule has 92 valence electrons. The molecule has 0 aliphatic carbocycles. The molecule has 0 fully saturated rings. The molecule has 2 heterocycles. The molecular formula is C12H11N3O3. The number of hydrogen-bond donors (Lipinski definition) is 1. The van der Waals surface area contributed by atoms with Gasteiger partial charge in [-0.3, -0.25) is 4.79 Å². The highest BCUT2D eigenvalue weighted by Gasteiger charge is 2.21. The highest BCUT2D eigenvalue weighted by molar-refractivity contribution is 5.70. The van der Waals surface area contributed by atoms with Gasteiger partial charge in [-0.2, -0.15) is 0 Å². The third kappa shape index (κ3) is 1.71. The van der Waals surface area contributed by atoms with E-state index in [4.69, 9.17) is 9.84 Å². The lowest BCUT2D eigenvalue weighted by atomic mass is 10.2. The molecule has 3 rings (SSSR count). The standard InChI is InChI=1S/C12H11N3O3/c16-11(17)7-10-13-14-12-8-3-1-2-4-9(8)18-6-5-15(10)12/h1-4H,5-7H2,(H,16,17). The quantitative estimate of drug-likeness (QED) is 0.852. The summed E-state index contributed by atoms with van der Waals surface area (Å²) in [7, 11) is 0. The number of benzene rings is 1. The Kier molecular flexibility index (Phi) is 2.47. The highest BCUT2D eigenvalue weighted by Crippen LogP contribution is 2.31. The lowest BCUT2D eigenvalue weighted by Gasteiger charge is -2.03. The van der Waals surface area contributed by atoms with Crippen molar-refractivity contribution in [1.82, 2.24) is 14.8 Å². The Morgan fingerprint density at radius 3 is 3.06 bits per heavy atom. The molecule has 0 amide bonds. The summed E-state index contributed by atoms with van der Waals surface area (Å²) in [5.74, 6) is 0.964. The topological polar surface area (TPSA) is 77.2 Å². The second-order valence-electron chi connectivity index (χ2n) is 4.01. The first-order valence-corrected chi connectivity index (χ1v) is 5.62. The number of rotatable bonds is 2. The van der Waals surface area contributed by atoms with Crippen molar-refractivity contribution in [3.8, 4) is 17.1 Å². The predicted molar refractivity (Wildman–Crippen MR) is 62.3 cm³/mol. The van der Waals surface area contributed by atoms with E-state index in [2.05, 4.69) is 10.2 Å². The van der Waals surface area contributed by atoms with Crippen LogP contribution >= 0.6 is 0 Å². The average molecular weight is 245 g/mol. The zero-order valence-electron chi connectivity index (χ0n) is 9.54. The van der Waals surface area contributed by atoms with Gasteiger partial charge in [0.25, 0.3) is 0 Å². The zero-order valence-corrected chi connectivity index (χ0v) is 9.54. The van der Waals surface area contributed by atoms with Crippen molar-refractivity contribution in [1.29, 1.82) is 0 Å². The van der Waals surface area contributed by atoms with Crippen LogP contribution < -0.4 is 4.74 Å². The molecule has 0 radical (unpaired) electrons. The second-order valence-corrected chi connectivity index (χ2v) is 4.01. The number of aromatic nitrogens is 3. The first kappa shape index (κ1) is 10.8. The minimum absolute atomic E-state index is 0.130. The summed E-state index contributed by atoms with van der Waals surface area (Å²) in [6, 6.07) is 7.55. The van der Waals surface area contributed by atoms with Crippen LogP contribution in [-0.2, 0) is 17.8 Å². The van der Waals surface area contributed by atoms with E-state index in [1.54, 1.807) is 4.57 Å². The largest absolute Gasteiger partial charge is 0.491 e. The van der Waals surface area contributed by atoms with E-state index in [9.17, 15) is 4.79 Å². The van der Waals surface area contributed by atoms with Gasteiger partial charge in [0.1, 0.15) is 24.6 Å². The summed E-state index contributed by atoms with van der Waals surface area (Å²) in [6.07, 6.45) is -0.130. The van der Waals surface area contributed by atoms with Gasteiger partial charge >= 0.3 is 5.97 Å². The number of carboxylic acids is 1. The molecule has 0 atom stereocenters. The maximum Gasteiger partial charge on any atom is 0.311 e. The third-order valence-corrected chi connectivity index (χ3v) is 2.84. The molecule has 6 nitrogen and oxygen atoms in total. The summed E-state index contributed by atoms with van der Waals surface area (Å²) in [6.45, 7) is 1.04. The van der Waals surface area contributed by atoms with Gasteiger partial charge in [0, 0.05) is 0 Å². The molecule has 1 N–H and O–H groups in total. The lowest BCUT2D eigenvalue weighted by Crippen LogP contribution is -2.12. The van der Waals surface area contributed by atoms with Gasteiger partial charge in [-0.15, -0.1) is 10.2 Å². The molecule has 6 heteroatoms. The smallest absolute Gasteiger partial charge is 0.311 e. The number of carboxylic acid groups (broad SMARTS) is 1. The molecule has 0 unspecified atom stereocenters. The van der Waals surface area contributed by atoms with Gasteiger partial charge in [-0.05, 0) is 12.1 Å². The van der Waals surface area contributed by atoms with Crippen molar-refractivity contribution in [3.05, 3.63) is 30.1 Å². The fourth-order valence-electron chi connectivity index (χ4n) is 2.06. The van der Waals surface area contributed by atoms with Crippen molar-refractivity contribution in [3.63, 3.8) is 0 Å². The maximum atomic E-state index is 10.8. The van der Waals surface area contributed by atoms with Crippen LogP contribution in [0.1, 0.15) is 5.82 Å². The van der Waals surface area contributed by atoms with Crippen molar-refractivity contribution >= 4 is 5.97 Å². The van der Waals surface area contributed by atoms with Crippen LogP contribution in [0, 0.1) is 0 Å². The van der Waals surface area contributed by atoms with Gasteiger partial charge < -0.3 is 14.4 Å². The minimum Gasteiger partial charge on any atom is -0.491 e. The number of hydrogen-bond acceptors (Lipinski definition) is 4. The Morgan fingerprint density at radius 1 is 1.39 bits per heavy atom. The van der Waals surface area contributed by atoms with Gasteiger partial charge in [0.2, 0.25) is 0 Å². The Morgan fingerprint density at radius 2 is 2.22 bits per heavy atom. The summed E-state index contributed by atoms with van der Waals surface area (Å²) in [5, 5.41) is 16.9. The Labute approximate surface area is 103 Å². The molecule has 0 spiro atoms. The van der Waals surface area contributed by atoms with Crippen LogP contribution in [0.4, 0.5) is 0 Å². The number of aliphatic carboxylic acids is 1. The summed E-state index contributed by atoms with van der Waals surface area (Å²) >= 11 is 0. The zero-order chi connectivity index (χ0) is 12.5. The van der Waals surface area contributed by atoms with E-state index >= 15 is 0 Å². The summed E-state index contributed by atoms with van der Waals surface area (Å²) in [5.41, 5.74) is 0.846. The van der Waals surface area contributed by atoms with Crippen molar-refractivity contribution < 1.29 is 14.6 Å². The number of carbonyl (C=O) groups is 1. The van der Waals surface area contributed by atoms with Gasteiger partial charge in [0.05, 0.1) is 12.1 Å². The van der Waals surface area contributed by atoms with Gasteiger partial charge in [-0.1, -0.05) is 12.1 Å². The van der Waals surface area contributed by atoms with Crippen LogP contribution in [0.5, 0.6) is 5.75 Å². The molecule has 1 aliphatic rings. The van der Waals surface area contributed by atoms with Crippen LogP contribution in [0.25, 0.3) is 11.4 Å².